The molecule has 1 aliphatic carbocycles. The molecule has 1 aliphatic heterocycles. The van der Waals surface area contributed by atoms with Crippen molar-refractivity contribution in [1.29, 1.82) is 0 Å². The van der Waals surface area contributed by atoms with Crippen molar-refractivity contribution in [2.75, 3.05) is 19.3 Å². The summed E-state index contributed by atoms with van der Waals surface area (Å²) in [6, 6.07) is 15.0. The number of amides is 3. The maximum Gasteiger partial charge on any atom is 0.251 e. The van der Waals surface area contributed by atoms with Gasteiger partial charge in [0, 0.05) is 30.4 Å². The third-order valence-electron chi connectivity index (χ3n) is 10.0. The van der Waals surface area contributed by atoms with Gasteiger partial charge in [0.15, 0.2) is 9.84 Å². The summed E-state index contributed by atoms with van der Waals surface area (Å²) in [5, 5.41) is 20.6. The molecule has 0 aromatic heterocycles. The monoisotopic (exact) mass is 682 g/mol. The van der Waals surface area contributed by atoms with Gasteiger partial charge >= 0.3 is 0 Å². The highest BCUT2D eigenvalue weighted by Gasteiger charge is 2.46. The van der Waals surface area contributed by atoms with Gasteiger partial charge in [-0.2, -0.15) is 0 Å². The van der Waals surface area contributed by atoms with Gasteiger partial charge in [0.1, 0.15) is 6.04 Å². The number of hydrogen-bond acceptors (Lipinski definition) is 7. The van der Waals surface area contributed by atoms with E-state index in [1.807, 2.05) is 51.1 Å². The lowest BCUT2D eigenvalue weighted by molar-refractivity contribution is -0.133. The molecule has 0 bridgehead atoms. The lowest BCUT2D eigenvalue weighted by Crippen LogP contribution is -2.64. The van der Waals surface area contributed by atoms with Gasteiger partial charge in [0.2, 0.25) is 11.8 Å². The molecule has 0 spiro atoms. The van der Waals surface area contributed by atoms with E-state index >= 15 is 0 Å². The highest BCUT2D eigenvalue weighted by Crippen LogP contribution is 2.39. The maximum atomic E-state index is 14.1. The first-order chi connectivity index (χ1) is 22.5. The zero-order valence-corrected chi connectivity index (χ0v) is 30.1. The van der Waals surface area contributed by atoms with Gasteiger partial charge in [0.05, 0.1) is 22.9 Å². The molecule has 1 saturated carbocycles. The van der Waals surface area contributed by atoms with Crippen molar-refractivity contribution < 1.29 is 27.9 Å². The van der Waals surface area contributed by atoms with Crippen LogP contribution in [-0.2, 0) is 25.8 Å². The molecule has 4 rings (SSSR count). The van der Waals surface area contributed by atoms with Gasteiger partial charge in [-0.3, -0.25) is 19.3 Å². The topological polar surface area (TPSA) is 145 Å². The highest BCUT2D eigenvalue weighted by atomic mass is 32.2. The Balaban J connectivity index is 1.63. The van der Waals surface area contributed by atoms with Gasteiger partial charge < -0.3 is 21.1 Å². The average Bonchev–Trinajstić information content (AvgIpc) is 3.02. The number of rotatable bonds is 12. The number of benzene rings is 2. The molecule has 3 amide bonds. The average molecular weight is 683 g/mol. The number of aliphatic hydroxyl groups is 1. The molecule has 0 radical (unpaired) electrons. The molecule has 1 heterocycles. The molecule has 2 aliphatic rings. The first-order valence-electron chi connectivity index (χ1n) is 17.1. The third kappa shape index (κ3) is 9.66. The van der Waals surface area contributed by atoms with Crippen LogP contribution < -0.4 is 16.0 Å². The minimum atomic E-state index is -3.85. The molecular formula is C37H54N4O6S. The van der Waals surface area contributed by atoms with Gasteiger partial charge in [-0.05, 0) is 83.4 Å². The van der Waals surface area contributed by atoms with E-state index < -0.39 is 56.2 Å². The lowest BCUT2D eigenvalue weighted by Gasteiger charge is -2.47. The first-order valence-corrected chi connectivity index (χ1v) is 19.0. The van der Waals surface area contributed by atoms with Crippen molar-refractivity contribution >= 4 is 27.6 Å². The van der Waals surface area contributed by atoms with Crippen molar-refractivity contribution in [3.05, 3.63) is 71.8 Å². The number of nitrogens with one attached hydrogen (secondary N) is 3. The van der Waals surface area contributed by atoms with E-state index in [2.05, 4.69) is 20.9 Å². The second kappa shape index (κ2) is 15.5. The molecular weight excluding hydrogens is 628 g/mol. The molecule has 1 saturated heterocycles. The summed E-state index contributed by atoms with van der Waals surface area (Å²) in [6.45, 7) is 9.49. The highest BCUT2D eigenvalue weighted by molar-refractivity contribution is 7.92. The summed E-state index contributed by atoms with van der Waals surface area (Å²) in [5.41, 5.74) is 0.730. The van der Waals surface area contributed by atoms with Crippen LogP contribution in [0.2, 0.25) is 0 Å². The van der Waals surface area contributed by atoms with Crippen LogP contribution in [0, 0.1) is 11.8 Å². The van der Waals surface area contributed by atoms with E-state index in [4.69, 9.17) is 0 Å². The first kappa shape index (κ1) is 37.5. The fraction of sp³-hybridized carbons (Fsp3) is 0.595. The van der Waals surface area contributed by atoms with E-state index in [1.165, 1.54) is 13.8 Å². The van der Waals surface area contributed by atoms with E-state index in [0.717, 1.165) is 37.5 Å². The van der Waals surface area contributed by atoms with Crippen LogP contribution in [0.25, 0.3) is 0 Å². The second-order valence-corrected chi connectivity index (χ2v) is 17.9. The Hall–Kier alpha value is -3.28. The fourth-order valence-electron chi connectivity index (χ4n) is 6.98. The van der Waals surface area contributed by atoms with Crippen molar-refractivity contribution in [2.24, 2.45) is 11.8 Å². The lowest BCUT2D eigenvalue weighted by atomic mass is 9.72. The van der Waals surface area contributed by atoms with E-state index in [1.54, 1.807) is 30.3 Å². The molecule has 6 atom stereocenters. The van der Waals surface area contributed by atoms with Crippen molar-refractivity contribution in [1.82, 2.24) is 20.9 Å². The van der Waals surface area contributed by atoms with Crippen LogP contribution in [0.4, 0.5) is 0 Å². The fourth-order valence-corrected chi connectivity index (χ4v) is 7.58. The standard InChI is InChI=1S/C37H54N4O6S/c1-36(2,3)40-34(44)30-22-27-19-13-14-20-28(27)23-41(30)24-31(42)29(21-25-15-9-7-10-16-25)38-35(45)32(37(4,5)48(6,46)47)39-33(43)26-17-11-8-12-18-26/h7-12,15-18,27-32,42H,13-14,19-24H2,1-6H3,(H,38,45)(H,39,43)(H,40,44)/t27?,28?,29-,30-,31+,32+/m0/s1. The van der Waals surface area contributed by atoms with Gasteiger partial charge in [-0.1, -0.05) is 67.8 Å². The summed E-state index contributed by atoms with van der Waals surface area (Å²) < 4.78 is 24.3. The zero-order valence-electron chi connectivity index (χ0n) is 29.2. The molecule has 264 valence electrons. The van der Waals surface area contributed by atoms with Crippen molar-refractivity contribution in [3.8, 4) is 0 Å². The number of aliphatic hydroxyl groups excluding tert-OH is 1. The summed E-state index contributed by atoms with van der Waals surface area (Å²) in [7, 11) is -3.85. The number of carbonyl (C=O) groups is 3. The number of nitrogens with zero attached hydrogens (tertiary/aromatic N) is 1. The van der Waals surface area contributed by atoms with Crippen LogP contribution in [0.5, 0.6) is 0 Å². The van der Waals surface area contributed by atoms with E-state index in [-0.39, 0.29) is 24.4 Å². The predicted molar refractivity (Wildman–Crippen MR) is 188 cm³/mol. The molecule has 2 unspecified atom stereocenters. The van der Waals surface area contributed by atoms with Crippen molar-refractivity contribution in [3.63, 3.8) is 0 Å². The Morgan fingerprint density at radius 1 is 0.896 bits per heavy atom. The van der Waals surface area contributed by atoms with Gasteiger partial charge in [-0.15, -0.1) is 0 Å². The summed E-state index contributed by atoms with van der Waals surface area (Å²) in [6.07, 6.45) is 5.39. The van der Waals surface area contributed by atoms with Crippen LogP contribution in [-0.4, -0.2) is 90.0 Å². The Bertz CT molecular complexity index is 1510. The van der Waals surface area contributed by atoms with E-state index in [9.17, 15) is 27.9 Å². The van der Waals surface area contributed by atoms with Crippen molar-refractivity contribution in [2.45, 2.75) is 108 Å². The Morgan fingerprint density at radius 2 is 1.48 bits per heavy atom. The third-order valence-corrected chi connectivity index (χ3v) is 12.2. The number of sulfone groups is 1. The molecule has 2 fully saturated rings. The second-order valence-electron chi connectivity index (χ2n) is 15.3. The normalized spacial score (nSPS) is 22.4. The molecule has 2 aromatic rings. The number of β-amino-alcohol motifs (C(OH)–C–C–N with tert-alkyl or cyclic N) is 1. The predicted octanol–water partition coefficient (Wildman–Crippen LogP) is 3.49. The minimum absolute atomic E-state index is 0.0686. The smallest absolute Gasteiger partial charge is 0.251 e. The molecule has 10 nitrogen and oxygen atoms in total. The summed E-state index contributed by atoms with van der Waals surface area (Å²) >= 11 is 0. The van der Waals surface area contributed by atoms with Gasteiger partial charge in [-0.25, -0.2) is 8.42 Å². The summed E-state index contributed by atoms with van der Waals surface area (Å²) in [5.74, 6) is -0.492. The molecule has 2 aromatic carbocycles. The van der Waals surface area contributed by atoms with Crippen LogP contribution in [0.3, 0.4) is 0 Å². The van der Waals surface area contributed by atoms with Crippen LogP contribution in [0.15, 0.2) is 60.7 Å². The minimum Gasteiger partial charge on any atom is -0.390 e. The molecule has 48 heavy (non-hydrogen) atoms. The van der Waals surface area contributed by atoms with E-state index in [0.29, 0.717) is 24.8 Å². The molecule has 4 N–H and O–H groups in total. The summed E-state index contributed by atoms with van der Waals surface area (Å²) in [4.78, 5) is 43.1. The quantitative estimate of drug-likeness (QED) is 0.268. The number of piperidine rings is 1. The molecule has 11 heteroatoms. The van der Waals surface area contributed by atoms with Gasteiger partial charge in [0.25, 0.3) is 5.91 Å². The van der Waals surface area contributed by atoms with Crippen LogP contribution in [0.1, 0.15) is 82.6 Å². The SMILES string of the molecule is CC(C)(C)NC(=O)[C@@H]1CC2CCCCC2CN1C[C@@H](O)[C@H](Cc1ccccc1)NC(=O)[C@@H](NC(=O)c1ccccc1)C(C)(C)S(C)(=O)=O. The Kier molecular flexibility index (Phi) is 12.1. The van der Waals surface area contributed by atoms with Crippen LogP contribution >= 0.6 is 0 Å². The maximum absolute atomic E-state index is 14.1. The Labute approximate surface area is 286 Å². The number of likely N-dealkylation sites (tertiary alicyclic amines) is 1. The number of carbonyl (C=O) groups excluding carboxylic acids is 3. The number of fused-ring (bicyclic) bond motifs is 1. The number of hydrogen-bond donors (Lipinski definition) is 4. The zero-order chi connectivity index (χ0) is 35.3. The largest absolute Gasteiger partial charge is 0.390 e. The Morgan fingerprint density at radius 3 is 2.06 bits per heavy atom.